The van der Waals surface area contributed by atoms with E-state index in [4.69, 9.17) is 0 Å². The van der Waals surface area contributed by atoms with Gasteiger partial charge in [0, 0.05) is 27.3 Å². The minimum atomic E-state index is -0.334. The highest BCUT2D eigenvalue weighted by atomic mass is 79.9. The summed E-state index contributed by atoms with van der Waals surface area (Å²) in [5.41, 5.74) is 2.89. The van der Waals surface area contributed by atoms with Gasteiger partial charge in [-0.25, -0.2) is 4.39 Å². The first-order valence-corrected chi connectivity index (χ1v) is 7.18. The lowest BCUT2D eigenvalue weighted by atomic mass is 10.1. The number of anilines is 1. The maximum absolute atomic E-state index is 13.2. The van der Waals surface area contributed by atoms with E-state index in [1.54, 1.807) is 12.3 Å². The Morgan fingerprint density at radius 1 is 1.24 bits per heavy atom. The Morgan fingerprint density at radius 3 is 2.81 bits per heavy atom. The van der Waals surface area contributed by atoms with Crippen molar-refractivity contribution in [2.75, 3.05) is 5.32 Å². The molecule has 3 nitrogen and oxygen atoms in total. The maximum Gasteiger partial charge on any atom is 0.257 e. The number of rotatable bonds is 2. The SMILES string of the molecule is Cc1ccc(NC(=O)c2c[nH]c3cc(F)ccc23)cc1Br. The van der Waals surface area contributed by atoms with Gasteiger partial charge in [0.05, 0.1) is 5.56 Å². The number of fused-ring (bicyclic) bond motifs is 1. The number of aromatic nitrogens is 1. The summed E-state index contributed by atoms with van der Waals surface area (Å²) >= 11 is 3.43. The molecule has 5 heteroatoms. The zero-order valence-corrected chi connectivity index (χ0v) is 12.8. The molecule has 1 aromatic heterocycles. The monoisotopic (exact) mass is 346 g/mol. The topological polar surface area (TPSA) is 44.9 Å². The highest BCUT2D eigenvalue weighted by Gasteiger charge is 2.13. The molecule has 21 heavy (non-hydrogen) atoms. The van der Waals surface area contributed by atoms with E-state index in [2.05, 4.69) is 26.2 Å². The molecule has 0 aliphatic heterocycles. The van der Waals surface area contributed by atoms with Crippen molar-refractivity contribution < 1.29 is 9.18 Å². The van der Waals surface area contributed by atoms with Gasteiger partial charge >= 0.3 is 0 Å². The van der Waals surface area contributed by atoms with Crippen LogP contribution in [0.25, 0.3) is 10.9 Å². The molecular weight excluding hydrogens is 335 g/mol. The minimum Gasteiger partial charge on any atom is -0.360 e. The Labute approximate surface area is 129 Å². The van der Waals surface area contributed by atoms with Crippen molar-refractivity contribution in [3.8, 4) is 0 Å². The van der Waals surface area contributed by atoms with Crippen LogP contribution in [0, 0.1) is 12.7 Å². The van der Waals surface area contributed by atoms with Crippen molar-refractivity contribution in [1.29, 1.82) is 0 Å². The van der Waals surface area contributed by atoms with E-state index in [1.807, 2.05) is 25.1 Å². The van der Waals surface area contributed by atoms with Gasteiger partial charge in [-0.3, -0.25) is 4.79 Å². The van der Waals surface area contributed by atoms with Gasteiger partial charge in [0.1, 0.15) is 5.82 Å². The number of nitrogens with one attached hydrogen (secondary N) is 2. The van der Waals surface area contributed by atoms with Crippen molar-refractivity contribution in [3.63, 3.8) is 0 Å². The largest absolute Gasteiger partial charge is 0.360 e. The molecule has 0 bridgehead atoms. The van der Waals surface area contributed by atoms with Gasteiger partial charge in [-0.2, -0.15) is 0 Å². The molecule has 0 saturated carbocycles. The number of halogens is 2. The third kappa shape index (κ3) is 2.69. The number of hydrogen-bond donors (Lipinski definition) is 2. The first-order valence-electron chi connectivity index (χ1n) is 6.39. The Bertz CT molecular complexity index is 841. The Balaban J connectivity index is 1.91. The van der Waals surface area contributed by atoms with E-state index in [1.165, 1.54) is 12.1 Å². The molecule has 106 valence electrons. The Hall–Kier alpha value is -2.14. The van der Waals surface area contributed by atoms with Crippen LogP contribution in [-0.4, -0.2) is 10.9 Å². The minimum absolute atomic E-state index is 0.233. The second-order valence-corrected chi connectivity index (χ2v) is 5.66. The van der Waals surface area contributed by atoms with Gasteiger partial charge in [-0.15, -0.1) is 0 Å². The molecule has 1 amide bonds. The van der Waals surface area contributed by atoms with Crippen molar-refractivity contribution in [2.45, 2.75) is 6.92 Å². The molecule has 0 spiro atoms. The molecule has 0 aliphatic rings. The molecule has 1 heterocycles. The zero-order chi connectivity index (χ0) is 15.0. The number of aromatic amines is 1. The van der Waals surface area contributed by atoms with E-state index in [0.29, 0.717) is 22.2 Å². The van der Waals surface area contributed by atoms with Crippen molar-refractivity contribution in [2.24, 2.45) is 0 Å². The summed E-state index contributed by atoms with van der Waals surface area (Å²) in [6, 6.07) is 9.92. The van der Waals surface area contributed by atoms with E-state index in [0.717, 1.165) is 10.0 Å². The van der Waals surface area contributed by atoms with Crippen LogP contribution in [-0.2, 0) is 0 Å². The highest BCUT2D eigenvalue weighted by Crippen LogP contribution is 2.23. The summed E-state index contributed by atoms with van der Waals surface area (Å²) in [6.07, 6.45) is 1.59. The summed E-state index contributed by atoms with van der Waals surface area (Å²) in [5.74, 6) is -0.567. The fourth-order valence-electron chi connectivity index (χ4n) is 2.16. The first kappa shape index (κ1) is 13.8. The summed E-state index contributed by atoms with van der Waals surface area (Å²) in [6.45, 7) is 1.98. The molecule has 2 aromatic carbocycles. The second-order valence-electron chi connectivity index (χ2n) is 4.81. The van der Waals surface area contributed by atoms with Crippen molar-refractivity contribution in [1.82, 2.24) is 4.98 Å². The number of H-pyrrole nitrogens is 1. The van der Waals surface area contributed by atoms with Crippen LogP contribution in [0.3, 0.4) is 0 Å². The van der Waals surface area contributed by atoms with Gasteiger partial charge in [-0.05, 0) is 42.8 Å². The second kappa shape index (κ2) is 5.33. The zero-order valence-electron chi connectivity index (χ0n) is 11.2. The van der Waals surface area contributed by atoms with Crippen LogP contribution in [0.15, 0.2) is 47.1 Å². The van der Waals surface area contributed by atoms with Crippen LogP contribution in [0.5, 0.6) is 0 Å². The average molecular weight is 347 g/mol. The number of hydrogen-bond acceptors (Lipinski definition) is 1. The van der Waals surface area contributed by atoms with E-state index >= 15 is 0 Å². The quantitative estimate of drug-likeness (QED) is 0.698. The van der Waals surface area contributed by atoms with Gasteiger partial charge in [0.15, 0.2) is 0 Å². The average Bonchev–Trinajstić information content (AvgIpc) is 2.85. The molecular formula is C16H12BrFN2O. The summed E-state index contributed by atoms with van der Waals surface area (Å²) in [4.78, 5) is 15.2. The lowest BCUT2D eigenvalue weighted by Gasteiger charge is -2.06. The molecule has 0 fully saturated rings. The van der Waals surface area contributed by atoms with Crippen LogP contribution in [0.4, 0.5) is 10.1 Å². The number of benzene rings is 2. The molecule has 3 aromatic rings. The Kier molecular flexibility index (Phi) is 3.51. The number of amides is 1. The van der Waals surface area contributed by atoms with Crippen molar-refractivity contribution >= 4 is 38.4 Å². The molecule has 0 aliphatic carbocycles. The third-order valence-electron chi connectivity index (χ3n) is 3.32. The lowest BCUT2D eigenvalue weighted by Crippen LogP contribution is -2.11. The van der Waals surface area contributed by atoms with Gasteiger partial charge in [0.25, 0.3) is 5.91 Å². The first-order chi connectivity index (χ1) is 10.0. The molecule has 0 radical (unpaired) electrons. The highest BCUT2D eigenvalue weighted by molar-refractivity contribution is 9.10. The van der Waals surface area contributed by atoms with Crippen LogP contribution in [0.2, 0.25) is 0 Å². The predicted octanol–water partition coefficient (Wildman–Crippen LogP) is 4.63. The normalized spacial score (nSPS) is 10.8. The third-order valence-corrected chi connectivity index (χ3v) is 4.17. The number of carbonyl (C=O) groups excluding carboxylic acids is 1. The molecule has 0 unspecified atom stereocenters. The van der Waals surface area contributed by atoms with Crippen LogP contribution >= 0.6 is 15.9 Å². The fraction of sp³-hybridized carbons (Fsp3) is 0.0625. The number of aryl methyl sites for hydroxylation is 1. The van der Waals surface area contributed by atoms with Gasteiger partial charge in [-0.1, -0.05) is 22.0 Å². The van der Waals surface area contributed by atoms with Gasteiger partial charge < -0.3 is 10.3 Å². The molecule has 3 rings (SSSR count). The van der Waals surface area contributed by atoms with E-state index < -0.39 is 0 Å². The molecule has 0 atom stereocenters. The summed E-state index contributed by atoms with van der Waals surface area (Å²) in [5, 5.41) is 3.53. The standard InChI is InChI=1S/C16H12BrFN2O/c1-9-2-4-11(7-14(9)17)20-16(21)13-8-19-15-6-10(18)3-5-12(13)15/h2-8,19H,1H3,(H,20,21). The van der Waals surface area contributed by atoms with Gasteiger partial charge in [0.2, 0.25) is 0 Å². The van der Waals surface area contributed by atoms with E-state index in [-0.39, 0.29) is 11.7 Å². The van der Waals surface area contributed by atoms with Crippen molar-refractivity contribution in [3.05, 3.63) is 64.0 Å². The Morgan fingerprint density at radius 2 is 2.05 bits per heavy atom. The van der Waals surface area contributed by atoms with Crippen LogP contribution < -0.4 is 5.32 Å². The van der Waals surface area contributed by atoms with Crippen LogP contribution in [0.1, 0.15) is 15.9 Å². The summed E-state index contributed by atoms with van der Waals surface area (Å²) < 4.78 is 14.1. The molecule has 2 N–H and O–H groups in total. The fourth-order valence-corrected chi connectivity index (χ4v) is 2.53. The molecule has 0 saturated heterocycles. The smallest absolute Gasteiger partial charge is 0.257 e. The number of carbonyl (C=O) groups is 1. The lowest BCUT2D eigenvalue weighted by molar-refractivity contribution is 0.102. The van der Waals surface area contributed by atoms with E-state index in [9.17, 15) is 9.18 Å². The summed E-state index contributed by atoms with van der Waals surface area (Å²) in [7, 11) is 0. The maximum atomic E-state index is 13.2. The predicted molar refractivity (Wildman–Crippen MR) is 85.1 cm³/mol.